The van der Waals surface area contributed by atoms with Crippen LogP contribution in [0.25, 0.3) is 0 Å². The van der Waals surface area contributed by atoms with Crippen molar-refractivity contribution in [1.29, 1.82) is 5.41 Å². The van der Waals surface area contributed by atoms with E-state index in [-0.39, 0.29) is 10.2 Å². The Morgan fingerprint density at radius 1 is 1.14 bits per heavy atom. The van der Waals surface area contributed by atoms with E-state index in [1.807, 2.05) is 0 Å². The molecule has 2 atom stereocenters. The quantitative estimate of drug-likeness (QED) is 0.245. The molecule has 2 unspecified atom stereocenters. The van der Waals surface area contributed by atoms with Crippen LogP contribution in [0.1, 0.15) is 0 Å². The van der Waals surface area contributed by atoms with Gasteiger partial charge < -0.3 is 0 Å². The van der Waals surface area contributed by atoms with Crippen LogP contribution in [0.4, 0.5) is 0 Å². The number of nitrogens with zero attached hydrogens (tertiary/aromatic N) is 2. The molecule has 0 saturated carbocycles. The van der Waals surface area contributed by atoms with Gasteiger partial charge in [0.15, 0.2) is 0 Å². The molecule has 0 aliphatic carbocycles. The molecule has 0 saturated heterocycles. The van der Waals surface area contributed by atoms with E-state index in [0.29, 0.717) is 4.73 Å². The Kier molecular flexibility index (Phi) is 5.71. The van der Waals surface area contributed by atoms with Gasteiger partial charge >= 0.3 is 124 Å². The van der Waals surface area contributed by atoms with Crippen molar-refractivity contribution in [2.24, 2.45) is 0 Å². The van der Waals surface area contributed by atoms with E-state index in [1.54, 1.807) is 0 Å². The molecule has 0 aromatic carbocycles. The molecule has 0 spiro atoms. The van der Waals surface area contributed by atoms with E-state index in [0.717, 1.165) is 12.3 Å². The van der Waals surface area contributed by atoms with Gasteiger partial charge in [-0.2, -0.15) is 0 Å². The zero-order valence-electron chi connectivity index (χ0n) is 9.54. The summed E-state index contributed by atoms with van der Waals surface area (Å²) in [5.41, 5.74) is -0.213. The molecule has 0 amide bonds. The minimum atomic E-state index is -5.58. The first-order valence-corrected chi connectivity index (χ1v) is 9.83. The fraction of sp³-hybridized carbons (Fsp3) is 0. The van der Waals surface area contributed by atoms with Crippen LogP contribution in [0.5, 0.6) is 0 Å². The number of hydrogen-bond donors (Lipinski definition) is 5. The monoisotopic (exact) mass is 430 g/mol. The molecule has 17 heteroatoms. The number of phosphoric acid groups is 3. The summed E-state index contributed by atoms with van der Waals surface area (Å²) in [4.78, 5) is 38.3. The summed E-state index contributed by atoms with van der Waals surface area (Å²) < 4.78 is 44.6. The Balaban J connectivity index is 2.92. The van der Waals surface area contributed by atoms with Crippen molar-refractivity contribution in [1.82, 2.24) is 9.71 Å². The van der Waals surface area contributed by atoms with Crippen LogP contribution in [-0.4, -0.2) is 45.3 Å². The van der Waals surface area contributed by atoms with Gasteiger partial charge in [0.05, 0.1) is 0 Å². The predicted octanol–water partition coefficient (Wildman–Crippen LogP) is -2.09. The van der Waals surface area contributed by atoms with Crippen molar-refractivity contribution in [3.05, 3.63) is 17.8 Å². The Bertz CT molecular complexity index is 727. The van der Waals surface area contributed by atoms with Crippen LogP contribution in [0, 0.1) is 5.41 Å². The molecular formula is C4H7N3O10P3Se. The summed E-state index contributed by atoms with van der Waals surface area (Å²) in [5, 5.41) is 7.15. The van der Waals surface area contributed by atoms with Crippen molar-refractivity contribution in [2.75, 3.05) is 0 Å². The number of aromatic nitrogens is 2. The minimum absolute atomic E-state index is 0.205. The fourth-order valence-electron chi connectivity index (χ4n) is 0.860. The second-order valence-electron chi connectivity index (χ2n) is 3.09. The Morgan fingerprint density at radius 2 is 1.71 bits per heavy atom. The van der Waals surface area contributed by atoms with E-state index in [1.165, 1.54) is 0 Å². The molecule has 0 aliphatic rings. The van der Waals surface area contributed by atoms with Gasteiger partial charge in [-0.25, -0.2) is 0 Å². The molecule has 13 nitrogen and oxygen atoms in total. The molecule has 5 N–H and O–H groups in total. The second kappa shape index (κ2) is 6.41. The Hall–Kier alpha value is -0.351. The van der Waals surface area contributed by atoms with Crippen molar-refractivity contribution in [2.45, 2.75) is 0 Å². The van der Waals surface area contributed by atoms with Gasteiger partial charge in [0, 0.05) is 0 Å². The first-order chi connectivity index (χ1) is 9.30. The first-order valence-electron chi connectivity index (χ1n) is 4.45. The van der Waals surface area contributed by atoms with Crippen molar-refractivity contribution < 1.29 is 46.5 Å². The third-order valence-electron chi connectivity index (χ3n) is 1.38. The van der Waals surface area contributed by atoms with Crippen LogP contribution < -0.4 is 14.8 Å². The maximum absolute atomic E-state index is 11.5. The van der Waals surface area contributed by atoms with E-state index < -0.39 is 23.5 Å². The second-order valence-corrected chi connectivity index (χ2v) is 8.18. The molecule has 119 valence electrons. The Labute approximate surface area is 124 Å². The van der Waals surface area contributed by atoms with Crippen LogP contribution in [-0.2, 0) is 22.3 Å². The molecule has 0 aliphatic heterocycles. The molecule has 1 aromatic rings. The number of rotatable bonds is 6. The summed E-state index contributed by atoms with van der Waals surface area (Å²) in [6.45, 7) is 0. The SMILES string of the molecule is N=c1ccn(OP(=O)(O)OP(=O)(O)OP(=O)(O)O)c([Se])n1. The standard InChI is InChI=1S/C4H7N3O10P3Se/c5-3-1-2-7(4(21)6-3)15-19(11,12)17-20(13,14)16-18(8,9)10/h1-2,5H,(H,11,12)(H,13,14)(H2,8,9,10). The van der Waals surface area contributed by atoms with Crippen molar-refractivity contribution in [3.8, 4) is 0 Å². The fourth-order valence-corrected chi connectivity index (χ4v) is 4.38. The first kappa shape index (κ1) is 18.7. The normalized spacial score (nSPS) is 17.7. The average molecular weight is 429 g/mol. The summed E-state index contributed by atoms with van der Waals surface area (Å²) in [7, 11) is -16.3. The van der Waals surface area contributed by atoms with E-state index in [4.69, 9.17) is 20.1 Å². The molecular weight excluding hydrogens is 422 g/mol. The predicted molar refractivity (Wildman–Crippen MR) is 63.9 cm³/mol. The van der Waals surface area contributed by atoms with Gasteiger partial charge in [-0.05, 0) is 0 Å². The summed E-state index contributed by atoms with van der Waals surface area (Å²) in [6.07, 6.45) is 0.958. The molecule has 1 heterocycles. The third kappa shape index (κ3) is 6.96. The van der Waals surface area contributed by atoms with Gasteiger partial charge in [-0.3, -0.25) is 0 Å². The average Bonchev–Trinajstić information content (AvgIpc) is 2.16. The van der Waals surface area contributed by atoms with E-state index >= 15 is 0 Å². The van der Waals surface area contributed by atoms with Gasteiger partial charge in [-0.15, -0.1) is 0 Å². The Morgan fingerprint density at radius 3 is 2.19 bits per heavy atom. The summed E-state index contributed by atoms with van der Waals surface area (Å²) >= 11 is 2.27. The number of nitrogens with one attached hydrogen (secondary N) is 1. The maximum atomic E-state index is 11.5. The van der Waals surface area contributed by atoms with Gasteiger partial charge in [0.25, 0.3) is 0 Å². The van der Waals surface area contributed by atoms with Gasteiger partial charge in [0.1, 0.15) is 0 Å². The molecule has 1 rings (SSSR count). The zero-order chi connectivity index (χ0) is 16.5. The summed E-state index contributed by atoms with van der Waals surface area (Å²) in [5.74, 6) is 0. The topological polar surface area (TPSA) is 201 Å². The molecule has 0 fully saturated rings. The van der Waals surface area contributed by atoms with Crippen molar-refractivity contribution in [3.63, 3.8) is 0 Å². The molecule has 1 aromatic heterocycles. The van der Waals surface area contributed by atoms with Crippen molar-refractivity contribution >= 4 is 44.2 Å². The molecule has 0 bridgehead atoms. The van der Waals surface area contributed by atoms with Gasteiger partial charge in [0.2, 0.25) is 0 Å². The van der Waals surface area contributed by atoms with Crippen LogP contribution in [0.15, 0.2) is 12.3 Å². The number of hydrogen-bond acceptors (Lipinski definition) is 8. The van der Waals surface area contributed by atoms with E-state index in [2.05, 4.69) is 34.2 Å². The third-order valence-corrected chi connectivity index (χ3v) is 5.66. The van der Waals surface area contributed by atoms with Crippen LogP contribution in [0.3, 0.4) is 0 Å². The molecule has 1 radical (unpaired) electrons. The van der Waals surface area contributed by atoms with Crippen LogP contribution in [0.2, 0.25) is 0 Å². The van der Waals surface area contributed by atoms with E-state index in [9.17, 15) is 18.6 Å². The van der Waals surface area contributed by atoms with Gasteiger partial charge in [-0.1, -0.05) is 0 Å². The molecule has 21 heavy (non-hydrogen) atoms. The summed E-state index contributed by atoms with van der Waals surface area (Å²) in [6, 6.07) is 1.05. The van der Waals surface area contributed by atoms with Crippen LogP contribution >= 0.6 is 23.5 Å². The zero-order valence-corrected chi connectivity index (χ0v) is 13.9.